The van der Waals surface area contributed by atoms with Crippen molar-refractivity contribution in [2.45, 2.75) is 25.4 Å². The van der Waals surface area contributed by atoms with Crippen LogP contribution in [0.1, 0.15) is 24.5 Å². The van der Waals surface area contributed by atoms with Gasteiger partial charge >= 0.3 is 0 Å². The number of likely N-dealkylation sites (tertiary alicyclic amines) is 1. The summed E-state index contributed by atoms with van der Waals surface area (Å²) in [5.41, 5.74) is 1.75. The highest BCUT2D eigenvalue weighted by Crippen LogP contribution is 2.31. The van der Waals surface area contributed by atoms with Crippen LogP contribution in [0.5, 0.6) is 0 Å². The third kappa shape index (κ3) is 2.06. The molecule has 1 fully saturated rings. The van der Waals surface area contributed by atoms with Crippen molar-refractivity contribution >= 4 is 0 Å². The topological polar surface area (TPSA) is 23.5 Å². The predicted molar refractivity (Wildman–Crippen MR) is 61.8 cm³/mol. The molecule has 2 nitrogen and oxygen atoms in total. The molecule has 1 aliphatic heterocycles. The van der Waals surface area contributed by atoms with Crippen LogP contribution in [-0.2, 0) is 12.0 Å². The van der Waals surface area contributed by atoms with Gasteiger partial charge in [-0.15, -0.1) is 0 Å². The number of hydrogen-bond donors (Lipinski definition) is 1. The van der Waals surface area contributed by atoms with E-state index in [-0.39, 0.29) is 0 Å². The van der Waals surface area contributed by atoms with Gasteiger partial charge in [0.15, 0.2) is 0 Å². The molecule has 1 aromatic rings. The number of hydrogen-bond acceptors (Lipinski definition) is 2. The van der Waals surface area contributed by atoms with E-state index in [1.807, 2.05) is 12.1 Å². The Morgan fingerprint density at radius 3 is 2.87 bits per heavy atom. The minimum atomic E-state index is -0.625. The number of likely N-dealkylation sites (N-methyl/N-ethyl adjacent to an activating group) is 1. The second-order valence-electron chi connectivity index (χ2n) is 4.57. The van der Waals surface area contributed by atoms with Crippen LogP contribution in [-0.4, -0.2) is 30.1 Å². The summed E-state index contributed by atoms with van der Waals surface area (Å²) >= 11 is 0. The molecule has 0 radical (unpaired) electrons. The lowest BCUT2D eigenvalue weighted by molar-refractivity contribution is 0.0488. The van der Waals surface area contributed by atoms with Gasteiger partial charge in [0.25, 0.3) is 0 Å². The SMILES string of the molecule is CCc1cccc(C2(O)CCN(C)C2)c1. The lowest BCUT2D eigenvalue weighted by Gasteiger charge is -2.23. The Morgan fingerprint density at radius 2 is 2.27 bits per heavy atom. The van der Waals surface area contributed by atoms with Crippen molar-refractivity contribution in [2.75, 3.05) is 20.1 Å². The molecule has 0 bridgehead atoms. The fraction of sp³-hybridized carbons (Fsp3) is 0.538. The van der Waals surface area contributed by atoms with E-state index in [1.54, 1.807) is 0 Å². The summed E-state index contributed by atoms with van der Waals surface area (Å²) in [5.74, 6) is 0. The highest BCUT2D eigenvalue weighted by molar-refractivity contribution is 5.29. The second kappa shape index (κ2) is 3.95. The zero-order valence-corrected chi connectivity index (χ0v) is 9.53. The lowest BCUT2D eigenvalue weighted by atomic mass is 9.91. The predicted octanol–water partition coefficient (Wildman–Crippen LogP) is 1.77. The molecule has 2 heteroatoms. The van der Waals surface area contributed by atoms with E-state index in [4.69, 9.17) is 0 Å². The Labute approximate surface area is 91.5 Å². The molecule has 1 saturated heterocycles. The van der Waals surface area contributed by atoms with Crippen molar-refractivity contribution in [1.29, 1.82) is 0 Å². The first kappa shape index (κ1) is 10.7. The van der Waals surface area contributed by atoms with Crippen molar-refractivity contribution in [3.05, 3.63) is 35.4 Å². The van der Waals surface area contributed by atoms with Gasteiger partial charge in [0.1, 0.15) is 5.60 Å². The first-order chi connectivity index (χ1) is 7.14. The zero-order valence-electron chi connectivity index (χ0n) is 9.53. The maximum Gasteiger partial charge on any atom is 0.103 e. The van der Waals surface area contributed by atoms with Gasteiger partial charge in [0, 0.05) is 13.1 Å². The summed E-state index contributed by atoms with van der Waals surface area (Å²) in [6.07, 6.45) is 1.87. The molecular formula is C13H19NO. The molecule has 1 unspecified atom stereocenters. The highest BCUT2D eigenvalue weighted by Gasteiger charge is 2.35. The third-order valence-corrected chi connectivity index (χ3v) is 3.31. The quantitative estimate of drug-likeness (QED) is 0.795. The first-order valence-corrected chi connectivity index (χ1v) is 5.64. The average Bonchev–Trinajstić information content (AvgIpc) is 2.60. The summed E-state index contributed by atoms with van der Waals surface area (Å²) in [5, 5.41) is 10.5. The third-order valence-electron chi connectivity index (χ3n) is 3.31. The summed E-state index contributed by atoms with van der Waals surface area (Å²) in [6.45, 7) is 3.87. The number of nitrogens with zero attached hydrogens (tertiary/aromatic N) is 1. The number of aliphatic hydroxyl groups is 1. The number of rotatable bonds is 2. The fourth-order valence-corrected chi connectivity index (χ4v) is 2.30. The molecule has 0 saturated carbocycles. The molecule has 1 heterocycles. The Kier molecular flexibility index (Phi) is 2.81. The minimum Gasteiger partial charge on any atom is -0.384 e. The van der Waals surface area contributed by atoms with Gasteiger partial charge < -0.3 is 10.0 Å². The van der Waals surface area contributed by atoms with E-state index < -0.39 is 5.60 Å². The second-order valence-corrected chi connectivity index (χ2v) is 4.57. The van der Waals surface area contributed by atoms with Gasteiger partial charge in [-0.2, -0.15) is 0 Å². The maximum atomic E-state index is 10.5. The largest absolute Gasteiger partial charge is 0.384 e. The van der Waals surface area contributed by atoms with Crippen LogP contribution in [0.25, 0.3) is 0 Å². The van der Waals surface area contributed by atoms with Crippen LogP contribution < -0.4 is 0 Å². The summed E-state index contributed by atoms with van der Waals surface area (Å²) in [6, 6.07) is 8.34. The standard InChI is InChI=1S/C13H19NO/c1-3-11-5-4-6-12(9-11)13(15)7-8-14(2)10-13/h4-6,9,15H,3,7-8,10H2,1-2H3. The van der Waals surface area contributed by atoms with Gasteiger partial charge in [0.2, 0.25) is 0 Å². The van der Waals surface area contributed by atoms with E-state index >= 15 is 0 Å². The molecule has 1 aromatic carbocycles. The number of β-amino-alcohol motifs (C(OH)–C–C–N with tert-alkyl or cyclic N) is 1. The van der Waals surface area contributed by atoms with E-state index in [0.29, 0.717) is 0 Å². The van der Waals surface area contributed by atoms with Crippen molar-refractivity contribution in [1.82, 2.24) is 4.90 Å². The lowest BCUT2D eigenvalue weighted by Crippen LogP contribution is -2.29. The van der Waals surface area contributed by atoms with Crippen molar-refractivity contribution in [3.63, 3.8) is 0 Å². The normalized spacial score (nSPS) is 27.1. The van der Waals surface area contributed by atoms with E-state index in [1.165, 1.54) is 5.56 Å². The van der Waals surface area contributed by atoms with Crippen LogP contribution in [0.3, 0.4) is 0 Å². The maximum absolute atomic E-state index is 10.5. The molecule has 1 aliphatic rings. The van der Waals surface area contributed by atoms with Crippen LogP contribution in [0.15, 0.2) is 24.3 Å². The zero-order chi connectivity index (χ0) is 10.9. The molecule has 1 atom stereocenters. The van der Waals surface area contributed by atoms with Gasteiger partial charge in [-0.1, -0.05) is 31.2 Å². The Balaban J connectivity index is 2.28. The smallest absolute Gasteiger partial charge is 0.103 e. The molecule has 0 aliphatic carbocycles. The number of benzene rings is 1. The Morgan fingerprint density at radius 1 is 1.47 bits per heavy atom. The summed E-state index contributed by atoms with van der Waals surface area (Å²) in [7, 11) is 2.06. The average molecular weight is 205 g/mol. The van der Waals surface area contributed by atoms with E-state index in [2.05, 4.69) is 31.0 Å². The van der Waals surface area contributed by atoms with Crippen molar-refractivity contribution in [2.24, 2.45) is 0 Å². The Hall–Kier alpha value is -0.860. The first-order valence-electron chi connectivity index (χ1n) is 5.64. The monoisotopic (exact) mass is 205 g/mol. The molecule has 0 spiro atoms. The van der Waals surface area contributed by atoms with Gasteiger partial charge in [-0.25, -0.2) is 0 Å². The molecule has 0 amide bonds. The van der Waals surface area contributed by atoms with Gasteiger partial charge in [0.05, 0.1) is 0 Å². The molecular weight excluding hydrogens is 186 g/mol. The van der Waals surface area contributed by atoms with Crippen molar-refractivity contribution < 1.29 is 5.11 Å². The highest BCUT2D eigenvalue weighted by atomic mass is 16.3. The molecule has 1 N–H and O–H groups in total. The summed E-state index contributed by atoms with van der Waals surface area (Å²) in [4.78, 5) is 2.18. The molecule has 15 heavy (non-hydrogen) atoms. The van der Waals surface area contributed by atoms with Crippen LogP contribution in [0, 0.1) is 0 Å². The minimum absolute atomic E-state index is 0.625. The number of aryl methyl sites for hydroxylation is 1. The van der Waals surface area contributed by atoms with Crippen LogP contribution in [0.2, 0.25) is 0 Å². The van der Waals surface area contributed by atoms with Crippen LogP contribution in [0.4, 0.5) is 0 Å². The summed E-state index contributed by atoms with van der Waals surface area (Å²) < 4.78 is 0. The molecule has 2 rings (SSSR count). The van der Waals surface area contributed by atoms with Crippen molar-refractivity contribution in [3.8, 4) is 0 Å². The van der Waals surface area contributed by atoms with E-state index in [9.17, 15) is 5.11 Å². The molecule has 0 aromatic heterocycles. The van der Waals surface area contributed by atoms with Gasteiger partial charge in [-0.05, 0) is 31.0 Å². The fourth-order valence-electron chi connectivity index (χ4n) is 2.30. The Bertz CT molecular complexity index is 350. The van der Waals surface area contributed by atoms with E-state index in [0.717, 1.165) is 31.5 Å². The molecule has 82 valence electrons. The van der Waals surface area contributed by atoms with Gasteiger partial charge in [-0.3, -0.25) is 0 Å². The van der Waals surface area contributed by atoms with Crippen LogP contribution >= 0.6 is 0 Å².